The number of likely N-dealkylation sites (tertiary alicyclic amines) is 1. The highest BCUT2D eigenvalue weighted by molar-refractivity contribution is 14.0. The summed E-state index contributed by atoms with van der Waals surface area (Å²) < 4.78 is 10.8. The van der Waals surface area contributed by atoms with Crippen LogP contribution in [-0.2, 0) is 11.3 Å². The largest absolute Gasteiger partial charge is 0.454 e. The van der Waals surface area contributed by atoms with Crippen LogP contribution in [-0.4, -0.2) is 54.6 Å². The number of ether oxygens (including phenoxy) is 1. The van der Waals surface area contributed by atoms with E-state index in [9.17, 15) is 9.59 Å². The summed E-state index contributed by atoms with van der Waals surface area (Å²) in [6, 6.07) is 3.29. The maximum Gasteiger partial charge on any atom is 0.410 e. The summed E-state index contributed by atoms with van der Waals surface area (Å²) in [5, 5.41) is 6.44. The molecule has 2 amide bonds. The Kier molecular flexibility index (Phi) is 9.05. The van der Waals surface area contributed by atoms with Crippen molar-refractivity contribution < 1.29 is 18.7 Å². The summed E-state index contributed by atoms with van der Waals surface area (Å²) in [5.41, 5.74) is 4.66. The quantitative estimate of drug-likeness (QED) is 0.326. The van der Waals surface area contributed by atoms with Crippen LogP contribution in [0.15, 0.2) is 21.5 Å². The molecule has 2 rings (SSSR count). The zero-order valence-electron chi connectivity index (χ0n) is 16.8. The first kappa shape index (κ1) is 24.1. The van der Waals surface area contributed by atoms with Crippen molar-refractivity contribution in [2.24, 2.45) is 10.7 Å². The highest BCUT2D eigenvalue weighted by Gasteiger charge is 2.28. The maximum absolute atomic E-state index is 12.3. The Labute approximate surface area is 182 Å². The minimum Gasteiger partial charge on any atom is -0.454 e. The lowest BCUT2D eigenvalue weighted by atomic mass is 10.1. The van der Waals surface area contributed by atoms with Crippen LogP contribution in [0, 0.1) is 0 Å². The molecular formula is C18H30IN5O4. The van der Waals surface area contributed by atoms with Gasteiger partial charge in [0.25, 0.3) is 5.91 Å². The van der Waals surface area contributed by atoms with E-state index in [0.29, 0.717) is 31.4 Å². The van der Waals surface area contributed by atoms with Gasteiger partial charge in [-0.25, -0.2) is 4.79 Å². The molecule has 0 aromatic carbocycles. The van der Waals surface area contributed by atoms with Crippen molar-refractivity contribution in [3.05, 3.63) is 23.7 Å². The number of primary amides is 1. The topological polar surface area (TPSA) is 122 Å². The van der Waals surface area contributed by atoms with E-state index in [1.165, 1.54) is 6.07 Å². The van der Waals surface area contributed by atoms with Gasteiger partial charge < -0.3 is 30.4 Å². The molecule has 1 aliphatic heterocycles. The minimum atomic E-state index is -0.604. The number of guanidine groups is 1. The Morgan fingerprint density at radius 1 is 1.39 bits per heavy atom. The first-order valence-electron chi connectivity index (χ1n) is 9.01. The van der Waals surface area contributed by atoms with Crippen LogP contribution in [0.1, 0.15) is 49.9 Å². The number of halogens is 1. The third-order valence-electron chi connectivity index (χ3n) is 3.97. The van der Waals surface area contributed by atoms with E-state index in [1.807, 2.05) is 20.8 Å². The number of rotatable bonds is 4. The lowest BCUT2D eigenvalue weighted by Crippen LogP contribution is -2.53. The van der Waals surface area contributed by atoms with Gasteiger partial charge >= 0.3 is 6.09 Å². The average Bonchev–Trinajstić information content (AvgIpc) is 3.06. The molecular weight excluding hydrogens is 477 g/mol. The fourth-order valence-electron chi connectivity index (χ4n) is 2.75. The minimum absolute atomic E-state index is 0. The van der Waals surface area contributed by atoms with Crippen molar-refractivity contribution in [1.29, 1.82) is 0 Å². The number of nitrogens with two attached hydrogens (primary N) is 1. The number of nitrogens with one attached hydrogen (secondary N) is 2. The number of nitrogens with zero attached hydrogens (tertiary/aromatic N) is 2. The molecule has 0 spiro atoms. The van der Waals surface area contributed by atoms with Crippen LogP contribution in [0.2, 0.25) is 0 Å². The second-order valence-electron chi connectivity index (χ2n) is 7.47. The van der Waals surface area contributed by atoms with Gasteiger partial charge in [-0.2, -0.15) is 0 Å². The SMILES string of the molecule is CN=C(NCc1ccc(C(N)=O)o1)NC1CCCN(C(=O)OC(C)(C)C)C1.I. The number of hydrogen-bond acceptors (Lipinski definition) is 5. The third-order valence-corrected chi connectivity index (χ3v) is 3.97. The molecule has 0 bridgehead atoms. The van der Waals surface area contributed by atoms with E-state index in [4.69, 9.17) is 14.9 Å². The molecule has 4 N–H and O–H groups in total. The second kappa shape index (κ2) is 10.5. The van der Waals surface area contributed by atoms with Crippen molar-refractivity contribution >= 4 is 41.9 Å². The molecule has 1 fully saturated rings. The number of carbonyl (C=O) groups is 2. The van der Waals surface area contributed by atoms with E-state index in [1.54, 1.807) is 18.0 Å². The molecule has 1 saturated heterocycles. The van der Waals surface area contributed by atoms with Crippen LogP contribution >= 0.6 is 24.0 Å². The Bertz CT molecular complexity index is 698. The van der Waals surface area contributed by atoms with Crippen LogP contribution in [0.25, 0.3) is 0 Å². The Balaban J connectivity index is 0.00000392. The summed E-state index contributed by atoms with van der Waals surface area (Å²) in [7, 11) is 1.67. The van der Waals surface area contributed by atoms with E-state index < -0.39 is 11.5 Å². The predicted octanol–water partition coefficient (Wildman–Crippen LogP) is 2.06. The maximum atomic E-state index is 12.3. The van der Waals surface area contributed by atoms with Crippen molar-refractivity contribution in [2.45, 2.75) is 51.8 Å². The van der Waals surface area contributed by atoms with Gasteiger partial charge in [-0.1, -0.05) is 0 Å². The van der Waals surface area contributed by atoms with E-state index >= 15 is 0 Å². The lowest BCUT2D eigenvalue weighted by molar-refractivity contribution is 0.0193. The number of furan rings is 1. The van der Waals surface area contributed by atoms with Crippen molar-refractivity contribution in [3.63, 3.8) is 0 Å². The smallest absolute Gasteiger partial charge is 0.410 e. The van der Waals surface area contributed by atoms with Crippen LogP contribution in [0.5, 0.6) is 0 Å². The molecule has 1 aromatic rings. The molecule has 2 heterocycles. The van der Waals surface area contributed by atoms with E-state index in [2.05, 4.69) is 15.6 Å². The van der Waals surface area contributed by atoms with Gasteiger partial charge in [0.2, 0.25) is 0 Å². The van der Waals surface area contributed by atoms with Gasteiger partial charge in [0.15, 0.2) is 11.7 Å². The lowest BCUT2D eigenvalue weighted by Gasteiger charge is -2.35. The van der Waals surface area contributed by atoms with Gasteiger partial charge in [0.1, 0.15) is 11.4 Å². The Morgan fingerprint density at radius 3 is 2.68 bits per heavy atom. The summed E-state index contributed by atoms with van der Waals surface area (Å²) >= 11 is 0. The fraction of sp³-hybridized carbons (Fsp3) is 0.611. The molecule has 0 radical (unpaired) electrons. The van der Waals surface area contributed by atoms with Crippen molar-refractivity contribution in [1.82, 2.24) is 15.5 Å². The van der Waals surface area contributed by atoms with Crippen molar-refractivity contribution in [2.75, 3.05) is 20.1 Å². The van der Waals surface area contributed by atoms with Crippen LogP contribution in [0.4, 0.5) is 4.79 Å². The third kappa shape index (κ3) is 7.56. The molecule has 28 heavy (non-hydrogen) atoms. The molecule has 1 aliphatic rings. The molecule has 0 saturated carbocycles. The van der Waals surface area contributed by atoms with Gasteiger partial charge in [0.05, 0.1) is 6.54 Å². The molecule has 158 valence electrons. The van der Waals surface area contributed by atoms with Gasteiger partial charge in [0, 0.05) is 26.2 Å². The summed E-state index contributed by atoms with van der Waals surface area (Å²) in [6.45, 7) is 7.15. The molecule has 10 heteroatoms. The Morgan fingerprint density at radius 2 is 2.11 bits per heavy atom. The first-order valence-corrected chi connectivity index (χ1v) is 9.01. The van der Waals surface area contributed by atoms with Gasteiger partial charge in [-0.05, 0) is 45.7 Å². The van der Waals surface area contributed by atoms with Gasteiger partial charge in [-0.3, -0.25) is 9.79 Å². The zero-order chi connectivity index (χ0) is 20.0. The van der Waals surface area contributed by atoms with E-state index in [0.717, 1.165) is 12.8 Å². The summed E-state index contributed by atoms with van der Waals surface area (Å²) in [6.07, 6.45) is 1.51. The van der Waals surface area contributed by atoms with Crippen LogP contribution < -0.4 is 16.4 Å². The number of carbonyl (C=O) groups excluding carboxylic acids is 2. The monoisotopic (exact) mass is 507 g/mol. The van der Waals surface area contributed by atoms with Gasteiger partial charge in [-0.15, -0.1) is 24.0 Å². The highest BCUT2D eigenvalue weighted by atomic mass is 127. The highest BCUT2D eigenvalue weighted by Crippen LogP contribution is 2.15. The molecule has 1 unspecified atom stereocenters. The zero-order valence-corrected chi connectivity index (χ0v) is 19.1. The molecule has 1 aromatic heterocycles. The van der Waals surface area contributed by atoms with Crippen LogP contribution in [0.3, 0.4) is 0 Å². The van der Waals surface area contributed by atoms with E-state index in [-0.39, 0.29) is 41.9 Å². The normalized spacial score (nSPS) is 17.5. The molecule has 9 nitrogen and oxygen atoms in total. The standard InChI is InChI=1S/C18H29N5O4.HI/c1-18(2,3)27-17(25)23-9-5-6-12(11-23)22-16(20-4)21-10-13-7-8-14(26-13)15(19)24;/h7-8,12H,5-6,9-11H2,1-4H3,(H2,19,24)(H2,20,21,22);1H. The second-order valence-corrected chi connectivity index (χ2v) is 7.47. The average molecular weight is 507 g/mol. The summed E-state index contributed by atoms with van der Waals surface area (Å²) in [5.74, 6) is 0.678. The fourth-order valence-corrected chi connectivity index (χ4v) is 2.75. The number of hydrogen-bond donors (Lipinski definition) is 3. The summed E-state index contributed by atoms with van der Waals surface area (Å²) in [4.78, 5) is 29.2. The molecule has 0 aliphatic carbocycles. The number of aliphatic imine (C=N–C) groups is 1. The number of amides is 2. The molecule has 1 atom stereocenters. The first-order chi connectivity index (χ1) is 12.7. The predicted molar refractivity (Wildman–Crippen MR) is 117 cm³/mol. The van der Waals surface area contributed by atoms with Crippen molar-refractivity contribution in [3.8, 4) is 0 Å². The Hall–Kier alpha value is -1.98. The number of piperidine rings is 1.